The fourth-order valence-corrected chi connectivity index (χ4v) is 2.95. The molecule has 20 heavy (non-hydrogen) atoms. The number of furan rings is 1. The first-order chi connectivity index (χ1) is 9.49. The van der Waals surface area contributed by atoms with Crippen molar-refractivity contribution in [2.45, 2.75) is 24.7 Å². The Labute approximate surface area is 117 Å². The Hall–Kier alpha value is -1.66. The lowest BCUT2D eigenvalue weighted by molar-refractivity contribution is 0.500. The molecule has 0 fully saturated rings. The van der Waals surface area contributed by atoms with Crippen molar-refractivity contribution in [3.63, 3.8) is 0 Å². The van der Waals surface area contributed by atoms with Gasteiger partial charge in [-0.25, -0.2) is 17.5 Å². The van der Waals surface area contributed by atoms with Crippen LogP contribution < -0.4 is 4.72 Å². The molecule has 1 aromatic heterocycles. The highest BCUT2D eigenvalue weighted by atomic mass is 32.2. The normalized spacial score (nSPS) is 11.7. The Kier molecular flexibility index (Phi) is 4.57. The summed E-state index contributed by atoms with van der Waals surface area (Å²) in [5.74, 6) is 0.406. The van der Waals surface area contributed by atoms with E-state index in [9.17, 15) is 12.8 Å². The summed E-state index contributed by atoms with van der Waals surface area (Å²) >= 11 is 0. The zero-order valence-corrected chi connectivity index (χ0v) is 11.9. The lowest BCUT2D eigenvalue weighted by atomic mass is 10.2. The molecule has 1 aromatic carbocycles. The summed E-state index contributed by atoms with van der Waals surface area (Å²) in [5, 5.41) is 0. The average Bonchev–Trinajstić information content (AvgIpc) is 2.91. The van der Waals surface area contributed by atoms with Gasteiger partial charge >= 0.3 is 0 Å². The van der Waals surface area contributed by atoms with Gasteiger partial charge in [0.25, 0.3) is 0 Å². The van der Waals surface area contributed by atoms with Gasteiger partial charge < -0.3 is 4.42 Å². The van der Waals surface area contributed by atoms with Gasteiger partial charge in [0.05, 0.1) is 11.2 Å². The van der Waals surface area contributed by atoms with Crippen LogP contribution in [0.25, 0.3) is 0 Å². The highest BCUT2D eigenvalue weighted by molar-refractivity contribution is 7.89. The fourth-order valence-electron chi connectivity index (χ4n) is 1.79. The van der Waals surface area contributed by atoms with Crippen LogP contribution in [0.1, 0.15) is 17.7 Å². The number of halogens is 1. The van der Waals surface area contributed by atoms with Crippen molar-refractivity contribution >= 4 is 10.0 Å². The van der Waals surface area contributed by atoms with Crippen molar-refractivity contribution in [2.75, 3.05) is 6.54 Å². The van der Waals surface area contributed by atoms with Crippen molar-refractivity contribution in [1.82, 2.24) is 4.72 Å². The fraction of sp³-hybridized carbons (Fsp3) is 0.286. The molecule has 108 valence electrons. The molecule has 0 aliphatic carbocycles. The van der Waals surface area contributed by atoms with Crippen LogP contribution in [0.15, 0.2) is 45.9 Å². The van der Waals surface area contributed by atoms with E-state index in [0.29, 0.717) is 24.9 Å². The largest absolute Gasteiger partial charge is 0.469 e. The predicted molar refractivity (Wildman–Crippen MR) is 73.4 cm³/mol. The number of nitrogens with one attached hydrogen (secondary N) is 1. The molecule has 0 spiro atoms. The van der Waals surface area contributed by atoms with Crippen LogP contribution in [-0.4, -0.2) is 15.0 Å². The van der Waals surface area contributed by atoms with Crippen LogP contribution in [0.2, 0.25) is 0 Å². The minimum Gasteiger partial charge on any atom is -0.469 e. The predicted octanol–water partition coefficient (Wildman–Crippen LogP) is 2.64. The second-order valence-corrected chi connectivity index (χ2v) is 6.26. The Balaban J connectivity index is 1.92. The van der Waals surface area contributed by atoms with Gasteiger partial charge in [0.15, 0.2) is 0 Å². The van der Waals surface area contributed by atoms with Crippen LogP contribution in [0.5, 0.6) is 0 Å². The minimum absolute atomic E-state index is 0.0781. The number of aryl methyl sites for hydroxylation is 2. The van der Waals surface area contributed by atoms with Crippen molar-refractivity contribution in [3.8, 4) is 0 Å². The van der Waals surface area contributed by atoms with E-state index < -0.39 is 15.8 Å². The van der Waals surface area contributed by atoms with Crippen molar-refractivity contribution in [1.29, 1.82) is 0 Å². The quantitative estimate of drug-likeness (QED) is 0.834. The van der Waals surface area contributed by atoms with Crippen molar-refractivity contribution in [3.05, 3.63) is 53.7 Å². The molecular formula is C14H16FNO3S. The van der Waals surface area contributed by atoms with E-state index >= 15 is 0 Å². The molecular weight excluding hydrogens is 281 g/mol. The van der Waals surface area contributed by atoms with Gasteiger partial charge in [0, 0.05) is 13.0 Å². The van der Waals surface area contributed by atoms with Crippen LogP contribution in [0.3, 0.4) is 0 Å². The van der Waals surface area contributed by atoms with E-state index in [4.69, 9.17) is 4.42 Å². The van der Waals surface area contributed by atoms with E-state index in [1.807, 2.05) is 6.07 Å². The molecule has 0 atom stereocenters. The summed E-state index contributed by atoms with van der Waals surface area (Å²) in [6.07, 6.45) is 2.88. The van der Waals surface area contributed by atoms with Gasteiger partial charge in [0.2, 0.25) is 10.0 Å². The molecule has 0 saturated carbocycles. The van der Waals surface area contributed by atoms with E-state index in [2.05, 4.69) is 4.72 Å². The number of benzene rings is 1. The molecule has 0 aliphatic heterocycles. The number of sulfonamides is 1. The molecule has 6 heteroatoms. The Morgan fingerprint density at radius 1 is 1.30 bits per heavy atom. The third kappa shape index (κ3) is 3.68. The molecule has 1 heterocycles. The van der Waals surface area contributed by atoms with Gasteiger partial charge in [-0.2, -0.15) is 0 Å². The molecule has 2 rings (SSSR count). The number of hydrogen-bond acceptors (Lipinski definition) is 3. The average molecular weight is 297 g/mol. The summed E-state index contributed by atoms with van der Waals surface area (Å²) < 4.78 is 44.8. The van der Waals surface area contributed by atoms with Gasteiger partial charge in [-0.1, -0.05) is 0 Å². The lowest BCUT2D eigenvalue weighted by Crippen LogP contribution is -2.25. The smallest absolute Gasteiger partial charge is 0.240 e. The van der Waals surface area contributed by atoms with Crippen molar-refractivity contribution in [2.24, 2.45) is 0 Å². The van der Waals surface area contributed by atoms with Gasteiger partial charge in [0.1, 0.15) is 11.6 Å². The maximum atomic E-state index is 13.1. The van der Waals surface area contributed by atoms with Gasteiger partial charge in [-0.05, 0) is 49.2 Å². The maximum Gasteiger partial charge on any atom is 0.240 e. The van der Waals surface area contributed by atoms with Crippen LogP contribution >= 0.6 is 0 Å². The van der Waals surface area contributed by atoms with E-state index in [-0.39, 0.29) is 4.90 Å². The summed E-state index contributed by atoms with van der Waals surface area (Å²) in [6.45, 7) is 1.84. The zero-order valence-electron chi connectivity index (χ0n) is 11.1. The van der Waals surface area contributed by atoms with E-state index in [1.165, 1.54) is 19.1 Å². The summed E-state index contributed by atoms with van der Waals surface area (Å²) in [7, 11) is -3.59. The second kappa shape index (κ2) is 6.19. The Morgan fingerprint density at radius 2 is 2.10 bits per heavy atom. The molecule has 0 unspecified atom stereocenters. The topological polar surface area (TPSA) is 59.3 Å². The first-order valence-corrected chi connectivity index (χ1v) is 7.75. The Morgan fingerprint density at radius 3 is 2.75 bits per heavy atom. The van der Waals surface area contributed by atoms with Crippen LogP contribution in [-0.2, 0) is 16.4 Å². The first-order valence-electron chi connectivity index (χ1n) is 6.27. The van der Waals surface area contributed by atoms with Crippen molar-refractivity contribution < 1.29 is 17.2 Å². The minimum atomic E-state index is -3.59. The van der Waals surface area contributed by atoms with Crippen LogP contribution in [0.4, 0.5) is 4.39 Å². The van der Waals surface area contributed by atoms with Gasteiger partial charge in [-0.3, -0.25) is 0 Å². The highest BCUT2D eigenvalue weighted by Gasteiger charge is 2.14. The van der Waals surface area contributed by atoms with E-state index in [0.717, 1.165) is 11.8 Å². The standard InChI is InChI=1S/C14H16FNO3S/c1-11-10-13(6-7-14(11)15)20(17,18)16-8-2-4-12-5-3-9-19-12/h3,5-7,9-10,16H,2,4,8H2,1H3. The number of rotatable bonds is 6. The summed E-state index contributed by atoms with van der Waals surface area (Å²) in [4.78, 5) is 0.0781. The molecule has 0 saturated heterocycles. The monoisotopic (exact) mass is 297 g/mol. The molecule has 0 amide bonds. The second-order valence-electron chi connectivity index (χ2n) is 4.49. The maximum absolute atomic E-state index is 13.1. The van der Waals surface area contributed by atoms with Gasteiger partial charge in [-0.15, -0.1) is 0 Å². The molecule has 0 radical (unpaired) electrons. The molecule has 0 aliphatic rings. The summed E-state index contributed by atoms with van der Waals surface area (Å²) in [6, 6.07) is 7.38. The highest BCUT2D eigenvalue weighted by Crippen LogP contribution is 2.14. The zero-order chi connectivity index (χ0) is 14.6. The molecule has 1 N–H and O–H groups in total. The molecule has 2 aromatic rings. The molecule has 0 bridgehead atoms. The first kappa shape index (κ1) is 14.7. The molecule has 4 nitrogen and oxygen atoms in total. The third-order valence-electron chi connectivity index (χ3n) is 2.91. The van der Waals surface area contributed by atoms with E-state index in [1.54, 1.807) is 12.3 Å². The summed E-state index contributed by atoms with van der Waals surface area (Å²) in [5.41, 5.74) is 0.309. The Bertz CT molecular complexity index is 666. The SMILES string of the molecule is Cc1cc(S(=O)(=O)NCCCc2ccco2)ccc1F. The number of hydrogen-bond donors (Lipinski definition) is 1. The van der Waals surface area contributed by atoms with Crippen LogP contribution in [0, 0.1) is 12.7 Å². The third-order valence-corrected chi connectivity index (χ3v) is 4.37. The lowest BCUT2D eigenvalue weighted by Gasteiger charge is -2.07.